The molecule has 3 N–H and O–H groups in total. The highest BCUT2D eigenvalue weighted by Crippen LogP contribution is 2.50. The number of Topliss-reactive ketones (excluding diaryl/α,β-unsaturated/α-hetero) is 1. The number of alkyl halides is 1. The molecule has 1 amide bonds. The minimum absolute atomic E-state index is 0.00609. The van der Waals surface area contributed by atoms with Gasteiger partial charge in [0, 0.05) is 41.8 Å². The van der Waals surface area contributed by atoms with Gasteiger partial charge in [-0.05, 0) is 104 Å². The maximum atomic E-state index is 16.5. The summed E-state index contributed by atoms with van der Waals surface area (Å²) in [5, 5.41) is 10.6. The Balaban J connectivity index is 1.16. The van der Waals surface area contributed by atoms with E-state index in [9.17, 15) is 9.59 Å². The fourth-order valence-electron chi connectivity index (χ4n) is 11.2. The number of morpholine rings is 1. The van der Waals surface area contributed by atoms with Crippen LogP contribution in [0.1, 0.15) is 105 Å². The number of piperidine rings is 1. The molecule has 0 aromatic carbocycles. The first-order valence-corrected chi connectivity index (χ1v) is 18.3. The third kappa shape index (κ3) is 6.25. The number of ketones is 1. The van der Waals surface area contributed by atoms with Gasteiger partial charge in [-0.3, -0.25) is 9.59 Å². The summed E-state index contributed by atoms with van der Waals surface area (Å²) in [4.78, 5) is 32.4. The van der Waals surface area contributed by atoms with E-state index in [-0.39, 0.29) is 59.0 Å². The van der Waals surface area contributed by atoms with Crippen LogP contribution in [0.25, 0.3) is 0 Å². The van der Waals surface area contributed by atoms with Crippen molar-refractivity contribution in [3.8, 4) is 0 Å². The summed E-state index contributed by atoms with van der Waals surface area (Å²) < 4.78 is 23.5. The van der Waals surface area contributed by atoms with E-state index in [1.54, 1.807) is 0 Å². The highest BCUT2D eigenvalue weighted by atomic mass is 19.1. The molecule has 0 bridgehead atoms. The Hall–Kier alpha value is -1.55. The van der Waals surface area contributed by atoms with Crippen molar-refractivity contribution in [3.05, 3.63) is 11.8 Å². The number of nitrogens with zero attached hydrogens (tertiary/aromatic N) is 2. The van der Waals surface area contributed by atoms with Crippen molar-refractivity contribution in [1.82, 2.24) is 25.8 Å². The number of rotatable bonds is 6. The van der Waals surface area contributed by atoms with E-state index in [1.807, 2.05) is 6.20 Å². The first-order valence-electron chi connectivity index (χ1n) is 18.3. The number of hydrogen-bond donors (Lipinski definition) is 3. The van der Waals surface area contributed by atoms with Crippen LogP contribution in [-0.2, 0) is 14.3 Å². The number of amides is 1. The number of nitrogens with one attached hydrogen (secondary N) is 3. The van der Waals surface area contributed by atoms with Crippen LogP contribution in [0.15, 0.2) is 11.8 Å². The van der Waals surface area contributed by atoms with Crippen LogP contribution in [0.4, 0.5) is 4.39 Å². The van der Waals surface area contributed by atoms with Gasteiger partial charge in [-0.25, -0.2) is 4.39 Å². The van der Waals surface area contributed by atoms with E-state index in [4.69, 9.17) is 4.74 Å². The normalized spacial score (nSPS) is 42.8. The maximum Gasteiger partial charge on any atom is 0.256 e. The van der Waals surface area contributed by atoms with Gasteiger partial charge in [0.2, 0.25) is 0 Å². The van der Waals surface area contributed by atoms with Gasteiger partial charge in [0.25, 0.3) is 5.91 Å². The molecule has 0 radical (unpaired) electrons. The van der Waals surface area contributed by atoms with Gasteiger partial charge in [0.1, 0.15) is 6.17 Å². The Morgan fingerprint density at radius 1 is 1.04 bits per heavy atom. The molecule has 3 aliphatic carbocycles. The zero-order chi connectivity index (χ0) is 31.7. The zero-order valence-electron chi connectivity index (χ0n) is 28.3. The third-order valence-corrected chi connectivity index (χ3v) is 12.8. The minimum Gasteiger partial charge on any atom is -0.369 e. The Kier molecular flexibility index (Phi) is 8.65. The second-order valence-electron chi connectivity index (χ2n) is 17.2. The molecule has 10 atom stereocenters. The van der Waals surface area contributed by atoms with E-state index in [1.165, 1.54) is 32.1 Å². The van der Waals surface area contributed by atoms with Crippen LogP contribution in [0.5, 0.6) is 0 Å². The Labute approximate surface area is 270 Å². The molecule has 0 aromatic rings. The van der Waals surface area contributed by atoms with Crippen molar-refractivity contribution >= 4 is 11.7 Å². The van der Waals surface area contributed by atoms with E-state index in [2.05, 4.69) is 60.5 Å². The number of ether oxygens (including phenoxy) is 1. The number of hydrogen-bond acceptors (Lipinski definition) is 7. The fourth-order valence-corrected chi connectivity index (χ4v) is 11.2. The summed E-state index contributed by atoms with van der Waals surface area (Å²) in [6.07, 6.45) is 12.5. The van der Waals surface area contributed by atoms with Gasteiger partial charge in [0.05, 0.1) is 35.9 Å². The molecule has 0 aromatic heterocycles. The topological polar surface area (TPSA) is 85.9 Å². The number of carbonyl (C=O) groups excluding carboxylic acids is 2. The number of likely N-dealkylation sites (tertiary alicyclic amines) is 1. The molecule has 3 saturated heterocycles. The maximum absolute atomic E-state index is 16.5. The molecule has 0 spiro atoms. The van der Waals surface area contributed by atoms with Crippen LogP contribution < -0.4 is 16.0 Å². The number of carbonyl (C=O) groups is 2. The summed E-state index contributed by atoms with van der Waals surface area (Å²) in [7, 11) is 2.14. The molecule has 7 aliphatic rings. The molecule has 4 aliphatic heterocycles. The zero-order valence-corrected chi connectivity index (χ0v) is 28.3. The lowest BCUT2D eigenvalue weighted by Gasteiger charge is -2.61. The van der Waals surface area contributed by atoms with Gasteiger partial charge in [-0.15, -0.1) is 0 Å². The van der Waals surface area contributed by atoms with E-state index in [0.717, 1.165) is 45.1 Å². The monoisotopic (exact) mass is 627 g/mol. The van der Waals surface area contributed by atoms with Gasteiger partial charge >= 0.3 is 0 Å². The lowest BCUT2D eigenvalue weighted by atomic mass is 9.64. The van der Waals surface area contributed by atoms with Crippen LogP contribution in [0.3, 0.4) is 0 Å². The SMILES string of the molecule is CN1CCCC1CCNC(=O)C1=CN2C3CC4CCCCC4CC3OC3C(NC4CC(C)(C)NC(C)(C)C4)C(F)CC(C1=O)C32. The molecule has 4 heterocycles. The molecule has 45 heavy (non-hydrogen) atoms. The predicted octanol–water partition coefficient (Wildman–Crippen LogP) is 4.09. The third-order valence-electron chi connectivity index (χ3n) is 12.8. The highest BCUT2D eigenvalue weighted by Gasteiger charge is 2.60. The highest BCUT2D eigenvalue weighted by molar-refractivity contribution is 6.20. The molecule has 8 nitrogen and oxygen atoms in total. The van der Waals surface area contributed by atoms with Crippen molar-refractivity contribution in [2.24, 2.45) is 17.8 Å². The smallest absolute Gasteiger partial charge is 0.256 e. The summed E-state index contributed by atoms with van der Waals surface area (Å²) >= 11 is 0. The Morgan fingerprint density at radius 3 is 2.44 bits per heavy atom. The lowest BCUT2D eigenvalue weighted by molar-refractivity contribution is -0.209. The van der Waals surface area contributed by atoms with Gasteiger partial charge in [-0.1, -0.05) is 25.7 Å². The van der Waals surface area contributed by atoms with Crippen molar-refractivity contribution in [2.75, 3.05) is 20.1 Å². The summed E-state index contributed by atoms with van der Waals surface area (Å²) in [5.74, 6) is 0.258. The summed E-state index contributed by atoms with van der Waals surface area (Å²) in [5.41, 5.74) is 0.0954. The average Bonchev–Trinajstić information content (AvgIpc) is 3.37. The number of fused-ring (bicyclic) bond motifs is 3. The van der Waals surface area contributed by atoms with Gasteiger partial charge in [0.15, 0.2) is 5.78 Å². The standard InChI is InChI=1S/C36H58FN5O3/c1-35(2)18-23(19-36(3,4)40-35)39-30-27(37)17-25-31-33(30)45-29-16-22-10-7-6-9-21(22)15-28(29)42(31)20-26(32(25)43)34(44)38-13-12-24-11-8-14-41(24)5/h20-25,27-31,33,39-40H,6-19H2,1-5H3,(H,38,44). The van der Waals surface area contributed by atoms with Crippen molar-refractivity contribution in [3.63, 3.8) is 0 Å². The van der Waals surface area contributed by atoms with Crippen molar-refractivity contribution in [1.29, 1.82) is 0 Å². The second-order valence-corrected chi connectivity index (χ2v) is 17.2. The lowest BCUT2D eigenvalue weighted by Crippen LogP contribution is -2.74. The Bertz CT molecular complexity index is 1160. The molecular weight excluding hydrogens is 569 g/mol. The van der Waals surface area contributed by atoms with Crippen LogP contribution in [-0.4, -0.2) is 101 Å². The average molecular weight is 628 g/mol. The Morgan fingerprint density at radius 2 is 1.76 bits per heavy atom. The van der Waals surface area contributed by atoms with Gasteiger partial charge < -0.3 is 30.5 Å². The number of halogens is 1. The predicted molar refractivity (Wildman–Crippen MR) is 173 cm³/mol. The van der Waals surface area contributed by atoms with Crippen LogP contribution >= 0.6 is 0 Å². The molecular formula is C36H58FN5O3. The van der Waals surface area contributed by atoms with Crippen LogP contribution in [0.2, 0.25) is 0 Å². The van der Waals surface area contributed by atoms with Crippen LogP contribution in [0, 0.1) is 17.8 Å². The van der Waals surface area contributed by atoms with Crippen molar-refractivity contribution in [2.45, 2.75) is 164 Å². The van der Waals surface area contributed by atoms with E-state index < -0.39 is 24.2 Å². The quantitative estimate of drug-likeness (QED) is 0.383. The molecule has 6 fully saturated rings. The van der Waals surface area contributed by atoms with Crippen molar-refractivity contribution < 1.29 is 18.7 Å². The first kappa shape index (κ1) is 32.0. The molecule has 252 valence electrons. The molecule has 7 rings (SSSR count). The van der Waals surface area contributed by atoms with Gasteiger partial charge in [-0.2, -0.15) is 0 Å². The second kappa shape index (κ2) is 12.2. The molecule has 10 unspecified atom stereocenters. The fraction of sp³-hybridized carbons (Fsp3) is 0.889. The first-order chi connectivity index (χ1) is 21.4. The largest absolute Gasteiger partial charge is 0.369 e. The van der Waals surface area contributed by atoms with E-state index >= 15 is 4.39 Å². The molecule has 3 saturated carbocycles. The van der Waals surface area contributed by atoms with E-state index in [0.29, 0.717) is 24.4 Å². The summed E-state index contributed by atoms with van der Waals surface area (Å²) in [6.45, 7) is 10.5. The molecule has 9 heteroatoms. The minimum atomic E-state index is -1.22. The summed E-state index contributed by atoms with van der Waals surface area (Å²) in [6, 6.07) is 0.0336.